The molecule has 15 heavy (non-hydrogen) atoms. The van der Waals surface area contributed by atoms with Crippen molar-refractivity contribution in [1.82, 2.24) is 9.88 Å². The number of carbonyl (C=O) groups is 1. The number of aliphatic carboxylic acids is 1. The smallest absolute Gasteiger partial charge is 0.303 e. The fraction of sp³-hybridized carbons (Fsp3) is 0.600. The van der Waals surface area contributed by atoms with Crippen LogP contribution in [-0.4, -0.2) is 34.0 Å². The zero-order chi connectivity index (χ0) is 10.8. The molecule has 2 rings (SSSR count). The summed E-state index contributed by atoms with van der Waals surface area (Å²) in [5.74, 6) is -0.369. The molecule has 0 amide bonds. The van der Waals surface area contributed by atoms with Gasteiger partial charge in [0.2, 0.25) is 0 Å². The summed E-state index contributed by atoms with van der Waals surface area (Å²) < 4.78 is 0. The van der Waals surface area contributed by atoms with Gasteiger partial charge in [0.05, 0.1) is 12.5 Å². The molecule has 1 aliphatic heterocycles. The van der Waals surface area contributed by atoms with Gasteiger partial charge in [0, 0.05) is 24.7 Å². The number of nitrogens with zero attached hydrogens (tertiary/aromatic N) is 2. The minimum atomic E-state index is -0.693. The molecule has 2 heterocycles. The molecule has 0 spiro atoms. The maximum Gasteiger partial charge on any atom is 0.303 e. The molecule has 1 atom stereocenters. The highest BCUT2D eigenvalue weighted by Gasteiger charge is 2.32. The first-order chi connectivity index (χ1) is 7.16. The van der Waals surface area contributed by atoms with E-state index in [4.69, 9.17) is 5.11 Å². The van der Waals surface area contributed by atoms with Crippen molar-refractivity contribution in [1.29, 1.82) is 0 Å². The van der Waals surface area contributed by atoms with Gasteiger partial charge in [0.15, 0.2) is 0 Å². The number of hydrogen-bond donors (Lipinski definition) is 1. The fourth-order valence-corrected chi connectivity index (χ4v) is 2.63. The molecule has 4 nitrogen and oxygen atoms in total. The van der Waals surface area contributed by atoms with Gasteiger partial charge in [-0.15, -0.1) is 11.3 Å². The molecule has 0 aromatic carbocycles. The molecule has 0 aliphatic carbocycles. The molecule has 1 saturated heterocycles. The third-order valence-electron chi connectivity index (χ3n) is 2.81. The summed E-state index contributed by atoms with van der Waals surface area (Å²) in [6.07, 6.45) is 2.10. The van der Waals surface area contributed by atoms with Crippen molar-refractivity contribution in [3.8, 4) is 0 Å². The Kier molecular flexibility index (Phi) is 3.02. The quantitative estimate of drug-likeness (QED) is 0.847. The van der Waals surface area contributed by atoms with Gasteiger partial charge in [-0.3, -0.25) is 9.69 Å². The molecule has 1 aromatic rings. The lowest BCUT2D eigenvalue weighted by molar-refractivity contribution is -0.139. The van der Waals surface area contributed by atoms with Crippen molar-refractivity contribution in [2.45, 2.75) is 19.4 Å². The topological polar surface area (TPSA) is 53.4 Å². The molecular formula is C10H14N2O2S. The Hall–Kier alpha value is -0.940. The van der Waals surface area contributed by atoms with E-state index in [9.17, 15) is 4.79 Å². The second kappa shape index (κ2) is 4.28. The second-order valence-corrected chi connectivity index (χ2v) is 4.89. The lowest BCUT2D eigenvalue weighted by atomic mass is 9.95. The van der Waals surface area contributed by atoms with E-state index in [2.05, 4.69) is 16.8 Å². The van der Waals surface area contributed by atoms with Gasteiger partial charge in [-0.05, 0) is 12.8 Å². The van der Waals surface area contributed by atoms with Crippen LogP contribution in [0.4, 0.5) is 0 Å². The van der Waals surface area contributed by atoms with Gasteiger partial charge in [0.1, 0.15) is 5.01 Å². The van der Waals surface area contributed by atoms with E-state index in [-0.39, 0.29) is 0 Å². The Morgan fingerprint density at radius 2 is 2.53 bits per heavy atom. The number of aromatic nitrogens is 1. The molecule has 1 aromatic heterocycles. The minimum Gasteiger partial charge on any atom is -0.481 e. The molecule has 0 radical (unpaired) electrons. The van der Waals surface area contributed by atoms with E-state index < -0.39 is 5.97 Å². The normalized spacial score (nSPS) is 19.8. The van der Waals surface area contributed by atoms with Gasteiger partial charge < -0.3 is 5.11 Å². The standard InChI is InChI=1S/C10H14N2O2S/c1-7(10-11-2-3-15-10)12-5-8(6-12)4-9(13)14/h2-3,7-8H,4-6H2,1H3,(H,13,14). The van der Waals surface area contributed by atoms with E-state index in [1.165, 1.54) is 0 Å². The Labute approximate surface area is 92.6 Å². The van der Waals surface area contributed by atoms with Gasteiger partial charge in [0.25, 0.3) is 0 Å². The molecular weight excluding hydrogens is 212 g/mol. The third kappa shape index (κ3) is 2.35. The molecule has 0 bridgehead atoms. The summed E-state index contributed by atoms with van der Waals surface area (Å²) >= 11 is 1.65. The van der Waals surface area contributed by atoms with Crippen molar-refractivity contribution >= 4 is 17.3 Å². The maximum atomic E-state index is 10.5. The number of rotatable bonds is 4. The highest BCUT2D eigenvalue weighted by atomic mass is 32.1. The average molecular weight is 226 g/mol. The van der Waals surface area contributed by atoms with Crippen LogP contribution in [-0.2, 0) is 4.79 Å². The van der Waals surface area contributed by atoms with Crippen LogP contribution in [0.25, 0.3) is 0 Å². The zero-order valence-electron chi connectivity index (χ0n) is 8.59. The van der Waals surface area contributed by atoms with E-state index >= 15 is 0 Å². The van der Waals surface area contributed by atoms with Crippen molar-refractivity contribution < 1.29 is 9.90 Å². The van der Waals surface area contributed by atoms with Crippen molar-refractivity contribution in [2.24, 2.45) is 5.92 Å². The Balaban J connectivity index is 1.82. The average Bonchev–Trinajstić information content (AvgIpc) is 2.61. The van der Waals surface area contributed by atoms with Gasteiger partial charge >= 0.3 is 5.97 Å². The minimum absolute atomic E-state index is 0.293. The van der Waals surface area contributed by atoms with Crippen LogP contribution < -0.4 is 0 Å². The fourth-order valence-electron chi connectivity index (χ4n) is 1.90. The predicted molar refractivity (Wildman–Crippen MR) is 57.8 cm³/mol. The van der Waals surface area contributed by atoms with Crippen LogP contribution in [0.1, 0.15) is 24.4 Å². The summed E-state index contributed by atoms with van der Waals surface area (Å²) in [6.45, 7) is 3.88. The lowest BCUT2D eigenvalue weighted by Crippen LogP contribution is -2.48. The zero-order valence-corrected chi connectivity index (χ0v) is 9.41. The van der Waals surface area contributed by atoms with Crippen molar-refractivity contribution in [3.05, 3.63) is 16.6 Å². The highest BCUT2D eigenvalue weighted by Crippen LogP contribution is 2.30. The monoisotopic (exact) mass is 226 g/mol. The summed E-state index contributed by atoms with van der Waals surface area (Å²) in [7, 11) is 0. The number of hydrogen-bond acceptors (Lipinski definition) is 4. The van der Waals surface area contributed by atoms with Crippen molar-refractivity contribution in [2.75, 3.05) is 13.1 Å². The van der Waals surface area contributed by atoms with E-state index in [0.717, 1.165) is 18.1 Å². The molecule has 82 valence electrons. The third-order valence-corrected chi connectivity index (χ3v) is 3.75. The van der Waals surface area contributed by atoms with E-state index in [1.807, 2.05) is 11.6 Å². The summed E-state index contributed by atoms with van der Waals surface area (Å²) in [5, 5.41) is 11.7. The molecule has 5 heteroatoms. The predicted octanol–water partition coefficient (Wildman–Crippen LogP) is 1.61. The van der Waals surface area contributed by atoms with E-state index in [1.54, 1.807) is 11.3 Å². The number of likely N-dealkylation sites (tertiary alicyclic amines) is 1. The Bertz CT molecular complexity index is 333. The summed E-state index contributed by atoms with van der Waals surface area (Å²) in [4.78, 5) is 17.0. The SMILES string of the molecule is CC(c1nccs1)N1CC(CC(=O)O)C1. The van der Waals surface area contributed by atoms with Crippen molar-refractivity contribution in [3.63, 3.8) is 0 Å². The number of thiazole rings is 1. The molecule has 1 fully saturated rings. The van der Waals surface area contributed by atoms with Gasteiger partial charge in [-0.2, -0.15) is 0 Å². The first kappa shape index (κ1) is 10.6. The van der Waals surface area contributed by atoms with Crippen LogP contribution in [0.2, 0.25) is 0 Å². The van der Waals surface area contributed by atoms with Crippen LogP contribution in [0.15, 0.2) is 11.6 Å². The van der Waals surface area contributed by atoms with Gasteiger partial charge in [-0.25, -0.2) is 4.98 Å². The molecule has 0 saturated carbocycles. The Morgan fingerprint density at radius 3 is 3.07 bits per heavy atom. The molecule has 1 unspecified atom stereocenters. The van der Waals surface area contributed by atoms with Crippen LogP contribution in [0, 0.1) is 5.92 Å². The first-order valence-electron chi connectivity index (χ1n) is 5.02. The number of carboxylic acids is 1. The maximum absolute atomic E-state index is 10.5. The summed E-state index contributed by atoms with van der Waals surface area (Å²) in [5.41, 5.74) is 0. The second-order valence-electron chi connectivity index (χ2n) is 3.96. The van der Waals surface area contributed by atoms with Crippen LogP contribution >= 0.6 is 11.3 Å². The van der Waals surface area contributed by atoms with Crippen LogP contribution in [0.3, 0.4) is 0 Å². The highest BCUT2D eigenvalue weighted by molar-refractivity contribution is 7.09. The molecule has 1 aliphatic rings. The number of carboxylic acid groups (broad SMARTS) is 1. The largest absolute Gasteiger partial charge is 0.481 e. The van der Waals surface area contributed by atoms with Gasteiger partial charge in [-0.1, -0.05) is 0 Å². The van der Waals surface area contributed by atoms with Crippen LogP contribution in [0.5, 0.6) is 0 Å². The Morgan fingerprint density at radius 1 is 1.80 bits per heavy atom. The summed E-state index contributed by atoms with van der Waals surface area (Å²) in [6, 6.07) is 0.329. The lowest BCUT2D eigenvalue weighted by Gasteiger charge is -2.41. The first-order valence-corrected chi connectivity index (χ1v) is 5.90. The van der Waals surface area contributed by atoms with E-state index in [0.29, 0.717) is 18.4 Å². The molecule has 1 N–H and O–H groups in total.